The van der Waals surface area contributed by atoms with E-state index in [0.717, 1.165) is 0 Å². The van der Waals surface area contributed by atoms with E-state index in [9.17, 15) is 14.4 Å². The number of hydrogen-bond acceptors (Lipinski definition) is 6. The van der Waals surface area contributed by atoms with Gasteiger partial charge in [0.25, 0.3) is 0 Å². The zero-order chi connectivity index (χ0) is 23.5. The summed E-state index contributed by atoms with van der Waals surface area (Å²) in [5.41, 5.74) is 0.545. The first kappa shape index (κ1) is 22.5. The van der Waals surface area contributed by atoms with E-state index in [1.165, 1.54) is 20.5 Å². The predicted molar refractivity (Wildman–Crippen MR) is 123 cm³/mol. The SMILES string of the molecule is CCC(C(=O)c1ccc(Cl)cc1)n1ncn(-c2ccc(N3CCN(C(=O)O)CC3)nc2)c1=O. The highest BCUT2D eigenvalue weighted by atomic mass is 35.5. The molecule has 11 heteroatoms. The third kappa shape index (κ3) is 4.61. The van der Waals surface area contributed by atoms with Crippen LogP contribution >= 0.6 is 11.6 Å². The Balaban J connectivity index is 1.52. The Morgan fingerprint density at radius 2 is 1.79 bits per heavy atom. The molecule has 1 aliphatic heterocycles. The number of carbonyl (C=O) groups is 2. The van der Waals surface area contributed by atoms with Crippen LogP contribution in [0.1, 0.15) is 29.7 Å². The number of carboxylic acid groups (broad SMARTS) is 1. The fourth-order valence-electron chi connectivity index (χ4n) is 3.82. The molecule has 4 rings (SSSR count). The summed E-state index contributed by atoms with van der Waals surface area (Å²) in [4.78, 5) is 44.9. The van der Waals surface area contributed by atoms with E-state index in [4.69, 9.17) is 16.7 Å². The fraction of sp³-hybridized carbons (Fsp3) is 0.318. The topological polar surface area (TPSA) is 114 Å². The van der Waals surface area contributed by atoms with Crippen molar-refractivity contribution in [2.24, 2.45) is 0 Å². The summed E-state index contributed by atoms with van der Waals surface area (Å²) in [6.45, 7) is 3.73. The van der Waals surface area contributed by atoms with Gasteiger partial charge in [-0.2, -0.15) is 5.10 Å². The van der Waals surface area contributed by atoms with Crippen LogP contribution in [0, 0.1) is 0 Å². The molecule has 0 spiro atoms. The van der Waals surface area contributed by atoms with Crippen LogP contribution in [0.15, 0.2) is 53.7 Å². The summed E-state index contributed by atoms with van der Waals surface area (Å²) in [7, 11) is 0. The minimum atomic E-state index is -0.922. The van der Waals surface area contributed by atoms with E-state index in [2.05, 4.69) is 10.1 Å². The van der Waals surface area contributed by atoms with Crippen molar-refractivity contribution in [3.8, 4) is 5.69 Å². The maximum atomic E-state index is 13.0. The third-order valence-corrected chi connectivity index (χ3v) is 5.94. The first-order valence-corrected chi connectivity index (χ1v) is 10.9. The van der Waals surface area contributed by atoms with Gasteiger partial charge in [-0.05, 0) is 42.8 Å². The lowest BCUT2D eigenvalue weighted by molar-refractivity contribution is 0.0911. The molecule has 0 saturated carbocycles. The molecule has 10 nitrogen and oxygen atoms in total. The molecule has 1 N–H and O–H groups in total. The molecule has 3 heterocycles. The van der Waals surface area contributed by atoms with Gasteiger partial charge in [-0.3, -0.25) is 4.79 Å². The molecular weight excluding hydrogens is 448 g/mol. The van der Waals surface area contributed by atoms with Crippen LogP contribution in [0.25, 0.3) is 5.69 Å². The lowest BCUT2D eigenvalue weighted by atomic mass is 10.0. The highest BCUT2D eigenvalue weighted by molar-refractivity contribution is 6.30. The number of Topliss-reactive ketones (excluding diaryl/α,β-unsaturated/α-hetero) is 1. The number of ketones is 1. The molecule has 1 fully saturated rings. The van der Waals surface area contributed by atoms with Gasteiger partial charge in [-0.1, -0.05) is 18.5 Å². The van der Waals surface area contributed by atoms with Crippen LogP contribution in [0.2, 0.25) is 5.02 Å². The third-order valence-electron chi connectivity index (χ3n) is 5.69. The van der Waals surface area contributed by atoms with Gasteiger partial charge in [-0.25, -0.2) is 23.8 Å². The number of anilines is 1. The molecule has 2 aromatic heterocycles. The number of halogens is 1. The lowest BCUT2D eigenvalue weighted by Crippen LogP contribution is -2.48. The van der Waals surface area contributed by atoms with E-state index < -0.39 is 17.8 Å². The molecule has 1 atom stereocenters. The van der Waals surface area contributed by atoms with Crippen LogP contribution < -0.4 is 10.6 Å². The van der Waals surface area contributed by atoms with Crippen LogP contribution in [0.5, 0.6) is 0 Å². The second kappa shape index (κ2) is 9.45. The normalized spacial score (nSPS) is 14.8. The predicted octanol–water partition coefficient (Wildman–Crippen LogP) is 2.72. The van der Waals surface area contributed by atoms with Gasteiger partial charge in [0.15, 0.2) is 5.78 Å². The molecule has 1 amide bonds. The van der Waals surface area contributed by atoms with Gasteiger partial charge >= 0.3 is 11.8 Å². The van der Waals surface area contributed by atoms with Crippen LogP contribution in [-0.2, 0) is 0 Å². The number of hydrogen-bond donors (Lipinski definition) is 1. The Morgan fingerprint density at radius 1 is 1.09 bits per heavy atom. The number of nitrogens with zero attached hydrogens (tertiary/aromatic N) is 6. The standard InChI is InChI=1S/C22H23ClN6O4/c1-2-18(20(30)15-3-5-16(23)6-4-15)29-21(31)28(14-25-29)17-7-8-19(24-13-17)26-9-11-27(12-10-26)22(32)33/h3-8,13-14,18H,2,9-12H2,1H3,(H,32,33). The van der Waals surface area contributed by atoms with Crippen molar-refractivity contribution in [2.75, 3.05) is 31.1 Å². The summed E-state index contributed by atoms with van der Waals surface area (Å²) in [5.74, 6) is 0.490. The summed E-state index contributed by atoms with van der Waals surface area (Å²) >= 11 is 5.91. The quantitative estimate of drug-likeness (QED) is 0.551. The Bertz CT molecular complexity index is 1200. The smallest absolute Gasteiger partial charge is 0.407 e. The van der Waals surface area contributed by atoms with Crippen molar-refractivity contribution in [3.05, 3.63) is 70.0 Å². The Morgan fingerprint density at radius 3 is 2.36 bits per heavy atom. The van der Waals surface area contributed by atoms with E-state index in [0.29, 0.717) is 54.7 Å². The Labute approximate surface area is 194 Å². The van der Waals surface area contributed by atoms with E-state index in [1.54, 1.807) is 42.6 Å². The number of carbonyl (C=O) groups excluding carboxylic acids is 1. The van der Waals surface area contributed by atoms with E-state index >= 15 is 0 Å². The number of piperazine rings is 1. The number of amides is 1. The maximum absolute atomic E-state index is 13.0. The van der Waals surface area contributed by atoms with Gasteiger partial charge in [0.2, 0.25) is 0 Å². The molecule has 1 aliphatic rings. The van der Waals surface area contributed by atoms with Crippen molar-refractivity contribution in [2.45, 2.75) is 19.4 Å². The van der Waals surface area contributed by atoms with E-state index in [1.807, 2.05) is 11.8 Å². The molecular formula is C22H23ClN6O4. The highest BCUT2D eigenvalue weighted by Crippen LogP contribution is 2.19. The van der Waals surface area contributed by atoms with Crippen molar-refractivity contribution >= 4 is 29.3 Å². The molecule has 1 aromatic carbocycles. The Kier molecular flexibility index (Phi) is 6.45. The summed E-state index contributed by atoms with van der Waals surface area (Å²) in [5, 5.41) is 13.8. The molecule has 0 radical (unpaired) electrons. The average Bonchev–Trinajstić information content (AvgIpc) is 3.21. The van der Waals surface area contributed by atoms with Crippen LogP contribution in [-0.4, -0.2) is 67.4 Å². The zero-order valence-electron chi connectivity index (χ0n) is 18.0. The molecule has 0 aliphatic carbocycles. The molecule has 172 valence electrons. The molecule has 3 aromatic rings. The van der Waals surface area contributed by atoms with Crippen LogP contribution in [0.3, 0.4) is 0 Å². The van der Waals surface area contributed by atoms with Crippen molar-refractivity contribution in [1.29, 1.82) is 0 Å². The zero-order valence-corrected chi connectivity index (χ0v) is 18.7. The summed E-state index contributed by atoms with van der Waals surface area (Å²) in [6, 6.07) is 9.34. The van der Waals surface area contributed by atoms with Crippen molar-refractivity contribution < 1.29 is 14.7 Å². The second-order valence-electron chi connectivity index (χ2n) is 7.65. The van der Waals surface area contributed by atoms with E-state index in [-0.39, 0.29) is 5.78 Å². The van der Waals surface area contributed by atoms with Gasteiger partial charge < -0.3 is 14.9 Å². The van der Waals surface area contributed by atoms with Gasteiger partial charge in [0.1, 0.15) is 18.2 Å². The molecule has 1 saturated heterocycles. The molecule has 33 heavy (non-hydrogen) atoms. The minimum absolute atomic E-state index is 0.213. The maximum Gasteiger partial charge on any atom is 0.407 e. The lowest BCUT2D eigenvalue weighted by Gasteiger charge is -2.33. The first-order chi connectivity index (χ1) is 15.9. The monoisotopic (exact) mass is 470 g/mol. The molecule has 1 unspecified atom stereocenters. The summed E-state index contributed by atoms with van der Waals surface area (Å²) < 4.78 is 2.53. The Hall–Kier alpha value is -3.66. The first-order valence-electron chi connectivity index (χ1n) is 10.5. The highest BCUT2D eigenvalue weighted by Gasteiger charge is 2.25. The average molecular weight is 471 g/mol. The largest absolute Gasteiger partial charge is 0.465 e. The van der Waals surface area contributed by atoms with Crippen molar-refractivity contribution in [1.82, 2.24) is 24.2 Å². The van der Waals surface area contributed by atoms with Gasteiger partial charge in [0, 0.05) is 36.8 Å². The summed E-state index contributed by atoms with van der Waals surface area (Å²) in [6.07, 6.45) is 2.42. The number of benzene rings is 1. The minimum Gasteiger partial charge on any atom is -0.465 e. The number of aromatic nitrogens is 4. The number of rotatable bonds is 6. The second-order valence-corrected chi connectivity index (χ2v) is 8.09. The van der Waals surface area contributed by atoms with Gasteiger partial charge in [-0.15, -0.1) is 0 Å². The molecule has 0 bridgehead atoms. The van der Waals surface area contributed by atoms with Gasteiger partial charge in [0.05, 0.1) is 11.9 Å². The van der Waals surface area contributed by atoms with Crippen LogP contribution in [0.4, 0.5) is 10.6 Å². The van der Waals surface area contributed by atoms with Crippen molar-refractivity contribution in [3.63, 3.8) is 0 Å². The number of pyridine rings is 1. The fourth-order valence-corrected chi connectivity index (χ4v) is 3.94.